The smallest absolute Gasteiger partial charge is 0.332 e. The Hall–Kier alpha value is -3.67. The lowest BCUT2D eigenvalue weighted by Gasteiger charge is -2.29. The Morgan fingerprint density at radius 1 is 1.19 bits per heavy atom. The summed E-state index contributed by atoms with van der Waals surface area (Å²) in [6.45, 7) is 0. The quantitative estimate of drug-likeness (QED) is 0.800. The number of nitrogens with one attached hydrogen (secondary N) is 1. The summed E-state index contributed by atoms with van der Waals surface area (Å²) in [5, 5.41) is 12.5. The highest BCUT2D eigenvalue weighted by Crippen LogP contribution is 2.44. The van der Waals surface area contributed by atoms with E-state index in [0.717, 1.165) is 4.57 Å². The third kappa shape index (κ3) is 2.54. The first-order valence-corrected chi connectivity index (χ1v) is 8.04. The molecule has 0 spiro atoms. The van der Waals surface area contributed by atoms with E-state index in [1.54, 1.807) is 18.2 Å². The number of allylic oxidation sites excluding steroid dienone is 1. The Morgan fingerprint density at radius 2 is 1.89 bits per heavy atom. The van der Waals surface area contributed by atoms with Gasteiger partial charge in [-0.2, -0.15) is 5.26 Å². The van der Waals surface area contributed by atoms with Gasteiger partial charge in [0.25, 0.3) is 5.56 Å². The summed E-state index contributed by atoms with van der Waals surface area (Å²) in [5.74, 6) is 0.335. The van der Waals surface area contributed by atoms with Crippen molar-refractivity contribution in [2.45, 2.75) is 5.92 Å². The lowest BCUT2D eigenvalue weighted by atomic mass is 9.83. The molecule has 0 saturated carbocycles. The van der Waals surface area contributed by atoms with E-state index >= 15 is 0 Å². The van der Waals surface area contributed by atoms with Crippen LogP contribution < -0.4 is 31.8 Å². The van der Waals surface area contributed by atoms with Gasteiger partial charge < -0.3 is 20.5 Å². The van der Waals surface area contributed by atoms with Crippen LogP contribution in [0.15, 0.2) is 39.2 Å². The zero-order valence-electron chi connectivity index (χ0n) is 15.4. The van der Waals surface area contributed by atoms with E-state index < -0.39 is 17.2 Å². The molecular weight excluding hydrogens is 350 g/mol. The van der Waals surface area contributed by atoms with Crippen LogP contribution in [0.4, 0.5) is 5.82 Å². The van der Waals surface area contributed by atoms with Crippen molar-refractivity contribution in [1.82, 2.24) is 9.13 Å². The molecule has 1 atom stereocenters. The van der Waals surface area contributed by atoms with Crippen molar-refractivity contribution >= 4 is 5.82 Å². The van der Waals surface area contributed by atoms with Crippen LogP contribution in [0.5, 0.6) is 11.5 Å². The third-order valence-corrected chi connectivity index (χ3v) is 4.68. The predicted octanol–water partition coefficient (Wildman–Crippen LogP) is 0.352. The fourth-order valence-electron chi connectivity index (χ4n) is 3.35. The molecule has 9 heteroatoms. The Labute approximate surface area is 154 Å². The van der Waals surface area contributed by atoms with Gasteiger partial charge in [-0.3, -0.25) is 13.9 Å². The standard InChI is InChI=1S/C18H19N5O4/c1-22-16-13(17(24)23(2)18(22)25)12(10(8-19)15(20)21-16)9-6-5-7-11(26-3)14(9)27-4/h5-7,12,21H,20H2,1-4H3. The van der Waals surface area contributed by atoms with E-state index in [1.807, 2.05) is 0 Å². The van der Waals surface area contributed by atoms with Crippen molar-refractivity contribution in [3.8, 4) is 17.6 Å². The third-order valence-electron chi connectivity index (χ3n) is 4.68. The number of hydrogen-bond acceptors (Lipinski definition) is 7. The Bertz CT molecular complexity index is 1120. The second-order valence-electron chi connectivity index (χ2n) is 6.05. The van der Waals surface area contributed by atoms with Gasteiger partial charge >= 0.3 is 5.69 Å². The first kappa shape index (κ1) is 18.1. The number of fused-ring (bicyclic) bond motifs is 1. The van der Waals surface area contributed by atoms with Crippen molar-refractivity contribution < 1.29 is 9.47 Å². The van der Waals surface area contributed by atoms with Crippen LogP contribution in [0.1, 0.15) is 17.0 Å². The summed E-state index contributed by atoms with van der Waals surface area (Å²) in [6.07, 6.45) is 0. The van der Waals surface area contributed by atoms with Gasteiger partial charge in [0.05, 0.1) is 37.3 Å². The summed E-state index contributed by atoms with van der Waals surface area (Å²) in [4.78, 5) is 25.3. The second-order valence-corrected chi connectivity index (χ2v) is 6.05. The topological polar surface area (TPSA) is 124 Å². The van der Waals surface area contributed by atoms with Crippen LogP contribution in [0.25, 0.3) is 0 Å². The predicted molar refractivity (Wildman–Crippen MR) is 98.8 cm³/mol. The molecule has 0 amide bonds. The van der Waals surface area contributed by atoms with E-state index in [1.165, 1.54) is 32.9 Å². The molecule has 2 aromatic rings. The average molecular weight is 369 g/mol. The number of methoxy groups -OCH3 is 2. The van der Waals surface area contributed by atoms with Crippen molar-refractivity contribution in [2.24, 2.45) is 19.8 Å². The van der Waals surface area contributed by atoms with Gasteiger partial charge in [-0.25, -0.2) is 4.79 Å². The molecule has 1 aliphatic rings. The maximum absolute atomic E-state index is 13.0. The maximum Gasteiger partial charge on any atom is 0.332 e. The fourth-order valence-corrected chi connectivity index (χ4v) is 3.35. The molecule has 3 rings (SSSR count). The number of hydrogen-bond donors (Lipinski definition) is 2. The second kappa shape index (κ2) is 6.57. The number of para-hydroxylation sites is 1. The molecule has 27 heavy (non-hydrogen) atoms. The van der Waals surface area contributed by atoms with Crippen molar-refractivity contribution in [3.63, 3.8) is 0 Å². The van der Waals surface area contributed by atoms with Crippen molar-refractivity contribution in [3.05, 3.63) is 61.6 Å². The minimum Gasteiger partial charge on any atom is -0.493 e. The molecular formula is C18H19N5O4. The lowest BCUT2D eigenvalue weighted by molar-refractivity contribution is 0.351. The summed E-state index contributed by atoms with van der Waals surface area (Å²) < 4.78 is 13.1. The van der Waals surface area contributed by atoms with Crippen LogP contribution in [0.2, 0.25) is 0 Å². The zero-order chi connectivity index (χ0) is 19.9. The van der Waals surface area contributed by atoms with Crippen LogP contribution >= 0.6 is 0 Å². The molecule has 3 N–H and O–H groups in total. The number of nitriles is 1. The molecule has 0 fully saturated rings. The van der Waals surface area contributed by atoms with Gasteiger partial charge in [0.1, 0.15) is 11.6 Å². The number of anilines is 1. The van der Waals surface area contributed by atoms with Crippen LogP contribution in [0.3, 0.4) is 0 Å². The molecule has 9 nitrogen and oxygen atoms in total. The molecule has 1 aromatic heterocycles. The van der Waals surface area contributed by atoms with Gasteiger partial charge in [0, 0.05) is 19.7 Å². The normalized spacial score (nSPS) is 15.6. The van der Waals surface area contributed by atoms with Crippen LogP contribution in [0, 0.1) is 11.3 Å². The van der Waals surface area contributed by atoms with Crippen LogP contribution in [-0.4, -0.2) is 23.4 Å². The van der Waals surface area contributed by atoms with Crippen molar-refractivity contribution in [1.29, 1.82) is 5.26 Å². The highest BCUT2D eigenvalue weighted by molar-refractivity contribution is 5.66. The summed E-state index contributed by atoms with van der Waals surface area (Å²) in [6, 6.07) is 7.25. The molecule has 0 bridgehead atoms. The number of ether oxygens (including phenoxy) is 2. The Kier molecular flexibility index (Phi) is 4.41. The highest BCUT2D eigenvalue weighted by atomic mass is 16.5. The SMILES string of the molecule is COc1cccc(C2C(C#N)=C(N)Nc3c2c(=O)n(C)c(=O)n3C)c1OC. The van der Waals surface area contributed by atoms with Crippen molar-refractivity contribution in [2.75, 3.05) is 19.5 Å². The van der Waals surface area contributed by atoms with Gasteiger partial charge in [-0.1, -0.05) is 12.1 Å². The Balaban J connectivity index is 2.47. The number of aromatic nitrogens is 2. The molecule has 1 aliphatic heterocycles. The summed E-state index contributed by atoms with van der Waals surface area (Å²) in [5.41, 5.74) is 5.96. The fraction of sp³-hybridized carbons (Fsp3) is 0.278. The first-order valence-electron chi connectivity index (χ1n) is 8.04. The summed E-state index contributed by atoms with van der Waals surface area (Å²) >= 11 is 0. The highest BCUT2D eigenvalue weighted by Gasteiger charge is 2.36. The van der Waals surface area contributed by atoms with E-state index in [-0.39, 0.29) is 22.8 Å². The number of benzene rings is 1. The number of nitrogens with zero attached hydrogens (tertiary/aromatic N) is 3. The minimum atomic E-state index is -0.818. The lowest BCUT2D eigenvalue weighted by Crippen LogP contribution is -2.43. The summed E-state index contributed by atoms with van der Waals surface area (Å²) in [7, 11) is 5.88. The maximum atomic E-state index is 13.0. The van der Waals surface area contributed by atoms with Gasteiger partial charge in [-0.15, -0.1) is 0 Å². The van der Waals surface area contributed by atoms with E-state index in [9.17, 15) is 14.9 Å². The minimum absolute atomic E-state index is 0.0723. The molecule has 0 radical (unpaired) electrons. The monoisotopic (exact) mass is 369 g/mol. The number of rotatable bonds is 3. The van der Waals surface area contributed by atoms with Gasteiger partial charge in [0.15, 0.2) is 11.5 Å². The number of nitrogens with two attached hydrogens (primary N) is 1. The molecule has 140 valence electrons. The average Bonchev–Trinajstić information content (AvgIpc) is 2.68. The first-order chi connectivity index (χ1) is 12.9. The van der Waals surface area contributed by atoms with E-state index in [4.69, 9.17) is 15.2 Å². The molecule has 0 aliphatic carbocycles. The molecule has 1 unspecified atom stereocenters. The van der Waals surface area contributed by atoms with E-state index in [0.29, 0.717) is 17.1 Å². The van der Waals surface area contributed by atoms with Gasteiger partial charge in [-0.05, 0) is 6.07 Å². The van der Waals surface area contributed by atoms with Crippen LogP contribution in [-0.2, 0) is 14.1 Å². The molecule has 1 aromatic carbocycles. The zero-order valence-corrected chi connectivity index (χ0v) is 15.4. The van der Waals surface area contributed by atoms with Gasteiger partial charge in [0.2, 0.25) is 0 Å². The Morgan fingerprint density at radius 3 is 2.48 bits per heavy atom. The largest absolute Gasteiger partial charge is 0.493 e. The molecule has 0 saturated heterocycles. The molecule has 2 heterocycles. The van der Waals surface area contributed by atoms with E-state index in [2.05, 4.69) is 11.4 Å².